The maximum atomic E-state index is 13.0. The summed E-state index contributed by atoms with van der Waals surface area (Å²) in [7, 11) is 0. The largest absolute Gasteiger partial charge is 0.484 e. The van der Waals surface area contributed by atoms with E-state index in [9.17, 15) is 9.59 Å². The minimum Gasteiger partial charge on any atom is -0.484 e. The molecule has 0 aromatic heterocycles. The SMILES string of the molecule is CCNC(=O)C(CC)N(Cc1ccccc1C)C(=O)COc1ccc(Cl)cc1. The molecule has 0 fully saturated rings. The molecule has 1 unspecified atom stereocenters. The van der Waals surface area contributed by atoms with Gasteiger partial charge < -0.3 is 15.0 Å². The number of carbonyl (C=O) groups excluding carboxylic acids is 2. The van der Waals surface area contributed by atoms with E-state index in [0.717, 1.165) is 11.1 Å². The molecule has 0 aliphatic heterocycles. The number of hydrogen-bond donors (Lipinski definition) is 1. The smallest absolute Gasteiger partial charge is 0.261 e. The lowest BCUT2D eigenvalue weighted by molar-refractivity contribution is -0.142. The minimum atomic E-state index is -0.555. The predicted octanol–water partition coefficient (Wildman–Crippen LogP) is 3.97. The molecule has 0 bridgehead atoms. The third-order valence-electron chi connectivity index (χ3n) is 4.51. The minimum absolute atomic E-state index is 0.149. The summed E-state index contributed by atoms with van der Waals surface area (Å²) in [5.74, 6) is 0.161. The first kappa shape index (κ1) is 21.8. The van der Waals surface area contributed by atoms with Gasteiger partial charge in [-0.1, -0.05) is 42.8 Å². The second-order valence-electron chi connectivity index (χ2n) is 6.51. The molecule has 0 aliphatic rings. The summed E-state index contributed by atoms with van der Waals surface area (Å²) in [5, 5.41) is 3.42. The fourth-order valence-corrected chi connectivity index (χ4v) is 3.07. The van der Waals surface area contributed by atoms with E-state index in [-0.39, 0.29) is 18.4 Å². The first-order valence-corrected chi connectivity index (χ1v) is 9.84. The van der Waals surface area contributed by atoms with Gasteiger partial charge in [-0.15, -0.1) is 0 Å². The standard InChI is InChI=1S/C22H27ClN2O3/c1-4-20(22(27)24-5-2)25(14-17-9-7-6-8-16(17)3)21(26)15-28-19-12-10-18(23)11-13-19/h6-13,20H,4-5,14-15H2,1-3H3,(H,24,27). The van der Waals surface area contributed by atoms with Gasteiger partial charge in [0.25, 0.3) is 5.91 Å². The van der Waals surface area contributed by atoms with E-state index in [1.165, 1.54) is 0 Å². The van der Waals surface area contributed by atoms with E-state index in [1.54, 1.807) is 29.2 Å². The predicted molar refractivity (Wildman–Crippen MR) is 111 cm³/mol. The summed E-state index contributed by atoms with van der Waals surface area (Å²) in [6.45, 7) is 6.48. The van der Waals surface area contributed by atoms with Gasteiger partial charge in [0.1, 0.15) is 11.8 Å². The van der Waals surface area contributed by atoms with Gasteiger partial charge in [0.15, 0.2) is 6.61 Å². The Bertz CT molecular complexity index is 793. The van der Waals surface area contributed by atoms with Crippen molar-refractivity contribution in [3.63, 3.8) is 0 Å². The van der Waals surface area contributed by atoms with Crippen LogP contribution in [0, 0.1) is 6.92 Å². The maximum absolute atomic E-state index is 13.0. The number of hydrogen-bond acceptors (Lipinski definition) is 3. The molecule has 2 rings (SSSR count). The number of carbonyl (C=O) groups is 2. The number of ether oxygens (including phenoxy) is 1. The van der Waals surface area contributed by atoms with Crippen molar-refractivity contribution in [2.24, 2.45) is 0 Å². The molecular weight excluding hydrogens is 376 g/mol. The molecule has 5 nitrogen and oxygen atoms in total. The average molecular weight is 403 g/mol. The zero-order chi connectivity index (χ0) is 20.5. The number of halogens is 1. The van der Waals surface area contributed by atoms with Gasteiger partial charge in [-0.3, -0.25) is 9.59 Å². The van der Waals surface area contributed by atoms with Gasteiger partial charge in [-0.2, -0.15) is 0 Å². The molecule has 2 aromatic rings. The van der Waals surface area contributed by atoms with Gasteiger partial charge in [-0.05, 0) is 55.7 Å². The van der Waals surface area contributed by atoms with Crippen LogP contribution in [0.5, 0.6) is 5.75 Å². The van der Waals surface area contributed by atoms with Gasteiger partial charge in [0.05, 0.1) is 0 Å². The number of rotatable bonds is 9. The highest BCUT2D eigenvalue weighted by atomic mass is 35.5. The van der Waals surface area contributed by atoms with Crippen molar-refractivity contribution in [1.29, 1.82) is 0 Å². The van der Waals surface area contributed by atoms with E-state index in [4.69, 9.17) is 16.3 Å². The molecule has 0 heterocycles. The van der Waals surface area contributed by atoms with Crippen molar-refractivity contribution < 1.29 is 14.3 Å². The third-order valence-corrected chi connectivity index (χ3v) is 4.77. The van der Waals surface area contributed by atoms with Crippen LogP contribution < -0.4 is 10.1 Å². The van der Waals surface area contributed by atoms with Crippen molar-refractivity contribution in [3.05, 3.63) is 64.7 Å². The van der Waals surface area contributed by atoms with Crippen molar-refractivity contribution in [2.75, 3.05) is 13.2 Å². The molecule has 0 saturated carbocycles. The quantitative estimate of drug-likeness (QED) is 0.690. The number of nitrogens with one attached hydrogen (secondary N) is 1. The monoisotopic (exact) mass is 402 g/mol. The summed E-state index contributed by atoms with van der Waals surface area (Å²) < 4.78 is 5.62. The highest BCUT2D eigenvalue weighted by Gasteiger charge is 2.28. The zero-order valence-electron chi connectivity index (χ0n) is 16.6. The highest BCUT2D eigenvalue weighted by molar-refractivity contribution is 6.30. The Balaban J connectivity index is 2.20. The molecule has 0 spiro atoms. The normalized spacial score (nSPS) is 11.6. The average Bonchev–Trinajstić information content (AvgIpc) is 2.69. The Morgan fingerprint density at radius 2 is 1.79 bits per heavy atom. The van der Waals surface area contributed by atoms with E-state index in [1.807, 2.05) is 45.0 Å². The lowest BCUT2D eigenvalue weighted by atomic mass is 10.1. The van der Waals surface area contributed by atoms with Gasteiger partial charge in [0.2, 0.25) is 5.91 Å². The van der Waals surface area contributed by atoms with Crippen molar-refractivity contribution in [1.82, 2.24) is 10.2 Å². The zero-order valence-corrected chi connectivity index (χ0v) is 17.3. The lowest BCUT2D eigenvalue weighted by Gasteiger charge is -2.31. The number of aryl methyl sites for hydroxylation is 1. The molecule has 2 aromatic carbocycles. The van der Waals surface area contributed by atoms with Gasteiger partial charge >= 0.3 is 0 Å². The number of likely N-dealkylation sites (N-methyl/N-ethyl adjacent to an activating group) is 1. The molecular formula is C22H27ClN2O3. The number of benzene rings is 2. The van der Waals surface area contributed by atoms with E-state index in [2.05, 4.69) is 5.32 Å². The molecule has 1 N–H and O–H groups in total. The van der Waals surface area contributed by atoms with Crippen LogP contribution in [0.25, 0.3) is 0 Å². The van der Waals surface area contributed by atoms with Crippen LogP contribution in [0.1, 0.15) is 31.4 Å². The molecule has 0 saturated heterocycles. The molecule has 0 radical (unpaired) electrons. The van der Waals surface area contributed by atoms with Crippen molar-refractivity contribution >= 4 is 23.4 Å². The van der Waals surface area contributed by atoms with Gasteiger partial charge in [0, 0.05) is 18.1 Å². The Kier molecular flexibility index (Phi) is 8.33. The maximum Gasteiger partial charge on any atom is 0.261 e. The van der Waals surface area contributed by atoms with Crippen LogP contribution in [0.4, 0.5) is 0 Å². The summed E-state index contributed by atoms with van der Waals surface area (Å²) in [6, 6.07) is 14.1. The molecule has 2 amide bonds. The third kappa shape index (κ3) is 5.99. The second kappa shape index (κ2) is 10.7. The molecule has 0 aliphatic carbocycles. The topological polar surface area (TPSA) is 58.6 Å². The first-order valence-electron chi connectivity index (χ1n) is 9.46. The number of amides is 2. The van der Waals surface area contributed by atoms with Crippen LogP contribution in [0.15, 0.2) is 48.5 Å². The van der Waals surface area contributed by atoms with E-state index >= 15 is 0 Å². The number of nitrogens with zero attached hydrogens (tertiary/aromatic N) is 1. The first-order chi connectivity index (χ1) is 13.5. The Hall–Kier alpha value is -2.53. The summed E-state index contributed by atoms with van der Waals surface area (Å²) in [4.78, 5) is 27.2. The van der Waals surface area contributed by atoms with E-state index < -0.39 is 6.04 Å². The lowest BCUT2D eigenvalue weighted by Crippen LogP contribution is -2.50. The molecule has 6 heteroatoms. The fourth-order valence-electron chi connectivity index (χ4n) is 2.94. The van der Waals surface area contributed by atoms with Crippen LogP contribution >= 0.6 is 11.6 Å². The highest BCUT2D eigenvalue weighted by Crippen LogP contribution is 2.18. The van der Waals surface area contributed by atoms with Crippen LogP contribution in [-0.2, 0) is 16.1 Å². The molecule has 28 heavy (non-hydrogen) atoms. The summed E-state index contributed by atoms with van der Waals surface area (Å²) in [6.07, 6.45) is 0.518. The van der Waals surface area contributed by atoms with Crippen molar-refractivity contribution in [3.8, 4) is 5.75 Å². The fraction of sp³-hybridized carbons (Fsp3) is 0.364. The van der Waals surface area contributed by atoms with Crippen molar-refractivity contribution in [2.45, 2.75) is 39.8 Å². The van der Waals surface area contributed by atoms with Crippen LogP contribution in [0.2, 0.25) is 5.02 Å². The Morgan fingerprint density at radius 1 is 1.11 bits per heavy atom. The Labute approximate surface area is 171 Å². The van der Waals surface area contributed by atoms with Crippen LogP contribution in [0.3, 0.4) is 0 Å². The van der Waals surface area contributed by atoms with E-state index in [0.29, 0.717) is 30.3 Å². The Morgan fingerprint density at radius 3 is 2.39 bits per heavy atom. The molecule has 1 atom stereocenters. The summed E-state index contributed by atoms with van der Waals surface area (Å²) >= 11 is 5.88. The summed E-state index contributed by atoms with van der Waals surface area (Å²) in [5.41, 5.74) is 2.08. The van der Waals surface area contributed by atoms with Crippen LogP contribution in [-0.4, -0.2) is 35.9 Å². The second-order valence-corrected chi connectivity index (χ2v) is 6.95. The molecule has 150 valence electrons. The van der Waals surface area contributed by atoms with Gasteiger partial charge in [-0.25, -0.2) is 0 Å².